The number of aliphatic hydroxyl groups is 1. The van der Waals surface area contributed by atoms with Gasteiger partial charge in [-0.1, -0.05) is 0 Å². The van der Waals surface area contributed by atoms with E-state index in [0.717, 1.165) is 19.6 Å². The van der Waals surface area contributed by atoms with Crippen LogP contribution < -0.4 is 0 Å². The molecule has 0 aliphatic carbocycles. The number of methoxy groups -OCH3 is 1. The number of rotatable bonds is 3. The van der Waals surface area contributed by atoms with E-state index in [0.29, 0.717) is 12.6 Å². The molecule has 2 aliphatic heterocycles. The molecule has 2 saturated heterocycles. The third kappa shape index (κ3) is 1.39. The van der Waals surface area contributed by atoms with Gasteiger partial charge in [0.1, 0.15) is 0 Å². The summed E-state index contributed by atoms with van der Waals surface area (Å²) in [6, 6.07) is 0.555. The number of aliphatic hydroxyl groups excluding tert-OH is 1. The Morgan fingerprint density at radius 2 is 2.38 bits per heavy atom. The van der Waals surface area contributed by atoms with Crippen molar-refractivity contribution in [2.24, 2.45) is 0 Å². The number of hydrogen-bond acceptors (Lipinski definition) is 3. The Morgan fingerprint density at radius 3 is 3.08 bits per heavy atom. The smallest absolute Gasteiger partial charge is 0.0618 e. The van der Waals surface area contributed by atoms with Crippen LogP contribution >= 0.6 is 0 Å². The molecule has 0 amide bonds. The zero-order valence-electron chi connectivity index (χ0n) is 8.33. The largest absolute Gasteiger partial charge is 0.394 e. The molecule has 0 aromatic heterocycles. The second-order valence-electron chi connectivity index (χ2n) is 4.33. The zero-order valence-corrected chi connectivity index (χ0v) is 8.33. The molecular weight excluding hydrogens is 166 g/mol. The third-order valence-corrected chi connectivity index (χ3v) is 3.69. The van der Waals surface area contributed by atoms with Crippen LogP contribution in [0.4, 0.5) is 0 Å². The monoisotopic (exact) mass is 185 g/mol. The molecule has 0 saturated carbocycles. The first-order valence-corrected chi connectivity index (χ1v) is 5.19. The fraction of sp³-hybridized carbons (Fsp3) is 1.00. The van der Waals surface area contributed by atoms with E-state index in [1.54, 1.807) is 7.11 Å². The zero-order chi connectivity index (χ0) is 9.31. The van der Waals surface area contributed by atoms with Crippen molar-refractivity contribution in [2.45, 2.75) is 37.3 Å². The number of fused-ring (bicyclic) bond motifs is 1. The Morgan fingerprint density at radius 1 is 1.54 bits per heavy atom. The van der Waals surface area contributed by atoms with Gasteiger partial charge in [0.15, 0.2) is 0 Å². The molecule has 3 nitrogen and oxygen atoms in total. The van der Waals surface area contributed by atoms with Crippen molar-refractivity contribution < 1.29 is 9.84 Å². The predicted octanol–water partition coefficient (Wildman–Crippen LogP) is 0.622. The Labute approximate surface area is 79.7 Å². The van der Waals surface area contributed by atoms with E-state index in [1.165, 1.54) is 19.3 Å². The van der Waals surface area contributed by atoms with Gasteiger partial charge < -0.3 is 9.84 Å². The van der Waals surface area contributed by atoms with Crippen LogP contribution in [0.1, 0.15) is 25.7 Å². The molecule has 0 aromatic rings. The minimum atomic E-state index is 0.128. The minimum Gasteiger partial charge on any atom is -0.394 e. The lowest BCUT2D eigenvalue weighted by atomic mass is 9.95. The highest BCUT2D eigenvalue weighted by Crippen LogP contribution is 2.41. The van der Waals surface area contributed by atoms with E-state index in [2.05, 4.69) is 4.90 Å². The number of ether oxygens (including phenoxy) is 1. The molecule has 2 fully saturated rings. The maximum atomic E-state index is 9.43. The lowest BCUT2D eigenvalue weighted by Gasteiger charge is -2.33. The van der Waals surface area contributed by atoms with E-state index in [-0.39, 0.29) is 5.54 Å². The van der Waals surface area contributed by atoms with E-state index >= 15 is 0 Å². The van der Waals surface area contributed by atoms with Crippen molar-refractivity contribution in [3.63, 3.8) is 0 Å². The standard InChI is InChI=1S/C10H19NO2/c1-13-7-9-3-5-10(8-12)4-2-6-11(9)10/h9,12H,2-8H2,1H3/t9-,10+/m1/s1. The molecular formula is C10H19NO2. The van der Waals surface area contributed by atoms with Crippen molar-refractivity contribution in [2.75, 3.05) is 26.9 Å². The van der Waals surface area contributed by atoms with Crippen molar-refractivity contribution in [1.82, 2.24) is 4.90 Å². The Bertz CT molecular complexity index is 186. The van der Waals surface area contributed by atoms with Crippen LogP contribution in [0.2, 0.25) is 0 Å². The summed E-state index contributed by atoms with van der Waals surface area (Å²) in [6.45, 7) is 2.30. The number of hydrogen-bond donors (Lipinski definition) is 1. The highest BCUT2D eigenvalue weighted by molar-refractivity contribution is 5.03. The maximum Gasteiger partial charge on any atom is 0.0618 e. The van der Waals surface area contributed by atoms with Crippen LogP contribution in [0.15, 0.2) is 0 Å². The second-order valence-corrected chi connectivity index (χ2v) is 4.33. The van der Waals surface area contributed by atoms with E-state index in [1.807, 2.05) is 0 Å². The molecule has 0 unspecified atom stereocenters. The average Bonchev–Trinajstić information content (AvgIpc) is 2.67. The van der Waals surface area contributed by atoms with Gasteiger partial charge in [0, 0.05) is 18.7 Å². The van der Waals surface area contributed by atoms with Gasteiger partial charge in [0.05, 0.1) is 13.2 Å². The van der Waals surface area contributed by atoms with Gasteiger partial charge >= 0.3 is 0 Å². The molecule has 13 heavy (non-hydrogen) atoms. The molecule has 2 rings (SSSR count). The summed E-state index contributed by atoms with van der Waals surface area (Å²) >= 11 is 0. The molecule has 2 aliphatic rings. The predicted molar refractivity (Wildman–Crippen MR) is 50.7 cm³/mol. The lowest BCUT2D eigenvalue weighted by Crippen LogP contribution is -2.46. The topological polar surface area (TPSA) is 32.7 Å². The summed E-state index contributed by atoms with van der Waals surface area (Å²) in [6.07, 6.45) is 4.75. The summed E-state index contributed by atoms with van der Waals surface area (Å²) in [5.74, 6) is 0. The van der Waals surface area contributed by atoms with Gasteiger partial charge in [-0.25, -0.2) is 0 Å². The van der Waals surface area contributed by atoms with Crippen molar-refractivity contribution in [3.8, 4) is 0 Å². The highest BCUT2D eigenvalue weighted by Gasteiger charge is 2.48. The van der Waals surface area contributed by atoms with Gasteiger partial charge in [0.2, 0.25) is 0 Å². The molecule has 2 heterocycles. The lowest BCUT2D eigenvalue weighted by molar-refractivity contribution is 0.0476. The van der Waals surface area contributed by atoms with Crippen LogP contribution in [0.3, 0.4) is 0 Å². The summed E-state index contributed by atoms with van der Waals surface area (Å²) in [4.78, 5) is 2.47. The third-order valence-electron chi connectivity index (χ3n) is 3.69. The van der Waals surface area contributed by atoms with Crippen LogP contribution in [-0.2, 0) is 4.74 Å². The van der Waals surface area contributed by atoms with E-state index < -0.39 is 0 Å². The van der Waals surface area contributed by atoms with Gasteiger partial charge in [-0.05, 0) is 32.2 Å². The maximum absolute atomic E-state index is 9.43. The van der Waals surface area contributed by atoms with Gasteiger partial charge in [-0.3, -0.25) is 4.90 Å². The van der Waals surface area contributed by atoms with Crippen molar-refractivity contribution in [3.05, 3.63) is 0 Å². The van der Waals surface area contributed by atoms with E-state index in [4.69, 9.17) is 4.74 Å². The molecule has 0 spiro atoms. The summed E-state index contributed by atoms with van der Waals surface area (Å²) in [5, 5.41) is 9.43. The van der Waals surface area contributed by atoms with Crippen molar-refractivity contribution in [1.29, 1.82) is 0 Å². The van der Waals surface area contributed by atoms with E-state index in [9.17, 15) is 5.11 Å². The Kier molecular flexibility index (Phi) is 2.58. The molecule has 0 radical (unpaired) electrons. The average molecular weight is 185 g/mol. The molecule has 0 bridgehead atoms. The van der Waals surface area contributed by atoms with Crippen LogP contribution in [0.5, 0.6) is 0 Å². The number of nitrogens with zero attached hydrogens (tertiary/aromatic N) is 1. The Balaban J connectivity index is 2.06. The first-order chi connectivity index (χ1) is 6.32. The highest BCUT2D eigenvalue weighted by atomic mass is 16.5. The van der Waals surface area contributed by atoms with Gasteiger partial charge in [-0.15, -0.1) is 0 Å². The molecule has 0 aromatic carbocycles. The minimum absolute atomic E-state index is 0.128. The molecule has 1 N–H and O–H groups in total. The summed E-state index contributed by atoms with van der Waals surface area (Å²) < 4.78 is 5.20. The summed E-state index contributed by atoms with van der Waals surface area (Å²) in [5.41, 5.74) is 0.128. The summed E-state index contributed by atoms with van der Waals surface area (Å²) in [7, 11) is 1.76. The second kappa shape index (κ2) is 3.56. The van der Waals surface area contributed by atoms with Crippen molar-refractivity contribution >= 4 is 0 Å². The first-order valence-electron chi connectivity index (χ1n) is 5.19. The van der Waals surface area contributed by atoms with Gasteiger partial charge in [-0.2, -0.15) is 0 Å². The quantitative estimate of drug-likeness (QED) is 0.699. The molecule has 3 heteroatoms. The normalized spacial score (nSPS) is 39.7. The van der Waals surface area contributed by atoms with Crippen LogP contribution in [0, 0.1) is 0 Å². The van der Waals surface area contributed by atoms with Gasteiger partial charge in [0.25, 0.3) is 0 Å². The Hall–Kier alpha value is -0.120. The first kappa shape index (κ1) is 9.44. The fourth-order valence-corrected chi connectivity index (χ4v) is 3.00. The van der Waals surface area contributed by atoms with Crippen LogP contribution in [0.25, 0.3) is 0 Å². The SMILES string of the molecule is COC[C@H]1CC[C@]2(CO)CCCN12. The van der Waals surface area contributed by atoms with Crippen LogP contribution in [-0.4, -0.2) is 48.5 Å². The molecule has 76 valence electrons. The molecule has 2 atom stereocenters. The fourth-order valence-electron chi connectivity index (χ4n) is 3.00.